The number of carbonyl (C=O) groups excluding carboxylic acids is 2. The van der Waals surface area contributed by atoms with Crippen LogP contribution in [0.4, 0.5) is 24.8 Å². The van der Waals surface area contributed by atoms with Crippen molar-refractivity contribution in [3.8, 4) is 11.7 Å². The lowest BCUT2D eigenvalue weighted by Gasteiger charge is -2.34. The molecule has 16 heteroatoms. The van der Waals surface area contributed by atoms with Crippen molar-refractivity contribution in [2.24, 2.45) is 11.3 Å². The molecule has 6 rings (SSSR count). The summed E-state index contributed by atoms with van der Waals surface area (Å²) >= 11 is 0. The molecule has 2 fully saturated rings. The van der Waals surface area contributed by atoms with Crippen molar-refractivity contribution >= 4 is 33.3 Å². The van der Waals surface area contributed by atoms with Crippen molar-refractivity contribution in [3.63, 3.8) is 0 Å². The topological polar surface area (TPSA) is 148 Å². The molecule has 3 aliphatic rings. The number of ether oxygens (including phenoxy) is 1. The number of halogens is 3. The predicted octanol–water partition coefficient (Wildman–Crippen LogP) is 4.27. The van der Waals surface area contributed by atoms with Crippen molar-refractivity contribution < 1.29 is 35.9 Å². The number of hydrogen-bond acceptors (Lipinski definition) is 10. The van der Waals surface area contributed by atoms with Crippen LogP contribution in [0, 0.1) is 11.3 Å². The summed E-state index contributed by atoms with van der Waals surface area (Å²) < 4.78 is 75.0. The number of fused-ring (bicyclic) bond motifs is 6. The SMILES string of the molecule is CC1(C)C[C@@H]2CCCNc3cccc(n3)S(=O)(=O)NC(=O)c3ccc(-n4ccc(OCC(=O)CC5(C(F)(F)F)CC5)n4)nc3N1C2. The highest BCUT2D eigenvalue weighted by Crippen LogP contribution is 2.60. The highest BCUT2D eigenvalue weighted by atomic mass is 32.2. The van der Waals surface area contributed by atoms with Crippen LogP contribution in [-0.4, -0.2) is 71.3 Å². The molecule has 246 valence electrons. The Morgan fingerprint density at radius 1 is 1.13 bits per heavy atom. The van der Waals surface area contributed by atoms with E-state index >= 15 is 0 Å². The third kappa shape index (κ3) is 6.39. The van der Waals surface area contributed by atoms with Crippen molar-refractivity contribution in [2.75, 3.05) is 29.9 Å². The van der Waals surface area contributed by atoms with Gasteiger partial charge in [-0.15, -0.1) is 5.10 Å². The average Bonchev–Trinajstić information content (AvgIpc) is 3.51. The minimum absolute atomic E-state index is 0.0110. The van der Waals surface area contributed by atoms with E-state index in [1.807, 2.05) is 18.7 Å². The number of aromatic nitrogens is 4. The minimum Gasteiger partial charge on any atom is -0.469 e. The first-order valence-corrected chi connectivity index (χ1v) is 16.5. The first kappa shape index (κ1) is 31.8. The maximum absolute atomic E-state index is 13.6. The number of rotatable bonds is 6. The molecule has 1 aliphatic carbocycles. The van der Waals surface area contributed by atoms with Crippen LogP contribution in [0.3, 0.4) is 0 Å². The van der Waals surface area contributed by atoms with Gasteiger partial charge in [0.25, 0.3) is 15.9 Å². The summed E-state index contributed by atoms with van der Waals surface area (Å²) in [7, 11) is -4.32. The lowest BCUT2D eigenvalue weighted by molar-refractivity contribution is -0.190. The van der Waals surface area contributed by atoms with Gasteiger partial charge in [-0.05, 0) is 76.1 Å². The van der Waals surface area contributed by atoms with Gasteiger partial charge >= 0.3 is 6.18 Å². The monoisotopic (exact) mass is 661 g/mol. The second-order valence-corrected chi connectivity index (χ2v) is 14.4. The number of nitrogens with one attached hydrogen (secondary N) is 2. The number of hydrogen-bond donors (Lipinski definition) is 2. The van der Waals surface area contributed by atoms with Crippen molar-refractivity contribution in [3.05, 3.63) is 48.2 Å². The summed E-state index contributed by atoms with van der Waals surface area (Å²) in [4.78, 5) is 36.8. The average molecular weight is 662 g/mol. The number of nitrogens with zero attached hydrogens (tertiary/aromatic N) is 5. The quantitative estimate of drug-likeness (QED) is 0.392. The zero-order valence-electron chi connectivity index (χ0n) is 25.3. The smallest absolute Gasteiger partial charge is 0.394 e. The number of pyridine rings is 2. The van der Waals surface area contributed by atoms with E-state index in [9.17, 15) is 31.2 Å². The van der Waals surface area contributed by atoms with Crippen LogP contribution in [0.1, 0.15) is 62.7 Å². The molecule has 1 amide bonds. The molecule has 46 heavy (non-hydrogen) atoms. The fourth-order valence-electron chi connectivity index (χ4n) is 6.21. The van der Waals surface area contributed by atoms with Gasteiger partial charge in [0.1, 0.15) is 18.2 Å². The number of sulfonamides is 1. The minimum atomic E-state index is -4.43. The van der Waals surface area contributed by atoms with Crippen molar-refractivity contribution in [1.29, 1.82) is 0 Å². The number of Topliss-reactive ketones (excluding diaryl/α,β-unsaturated/α-hetero) is 1. The van der Waals surface area contributed by atoms with E-state index < -0.39 is 51.9 Å². The molecule has 12 nitrogen and oxygen atoms in total. The Labute approximate surface area is 263 Å². The van der Waals surface area contributed by atoms with Gasteiger partial charge in [-0.1, -0.05) is 6.07 Å². The van der Waals surface area contributed by atoms with E-state index in [2.05, 4.69) is 20.1 Å². The van der Waals surface area contributed by atoms with Crippen molar-refractivity contribution in [1.82, 2.24) is 24.5 Å². The second-order valence-electron chi connectivity index (χ2n) is 12.8. The summed E-state index contributed by atoms with van der Waals surface area (Å²) in [5.74, 6) is -0.321. The molecule has 1 saturated heterocycles. The van der Waals surface area contributed by atoms with E-state index in [0.717, 1.165) is 19.3 Å². The van der Waals surface area contributed by atoms with Gasteiger partial charge in [-0.3, -0.25) is 9.59 Å². The highest BCUT2D eigenvalue weighted by Gasteiger charge is 2.63. The molecule has 2 N–H and O–H groups in total. The lowest BCUT2D eigenvalue weighted by Crippen LogP contribution is -2.41. The first-order valence-electron chi connectivity index (χ1n) is 15.0. The van der Waals surface area contributed by atoms with E-state index in [0.29, 0.717) is 18.9 Å². The largest absolute Gasteiger partial charge is 0.469 e. The molecule has 1 atom stereocenters. The Morgan fingerprint density at radius 3 is 2.65 bits per heavy atom. The van der Waals surface area contributed by atoms with Crippen LogP contribution >= 0.6 is 0 Å². The van der Waals surface area contributed by atoms with Gasteiger partial charge in [0, 0.05) is 37.3 Å². The zero-order chi connectivity index (χ0) is 32.9. The maximum atomic E-state index is 13.6. The number of anilines is 2. The van der Waals surface area contributed by atoms with Gasteiger partial charge in [0.05, 0.1) is 11.0 Å². The molecular formula is C30H34F3N7O5S. The van der Waals surface area contributed by atoms with E-state index in [1.54, 1.807) is 12.1 Å². The fraction of sp³-hybridized carbons (Fsp3) is 0.500. The second kappa shape index (κ2) is 11.5. The molecule has 3 aromatic heterocycles. The predicted molar refractivity (Wildman–Crippen MR) is 160 cm³/mol. The standard InChI is InChI=1S/C30H34F3N7O5S/c1-28(2)15-19-5-4-13-34-22-6-3-7-25(35-22)46(43,44)38-27(42)21-8-9-23(36-26(21)39(28)17-19)40-14-10-24(37-40)45-18-20(41)16-29(11-12-29)30(31,32)33/h3,6-10,14,19H,4-5,11-13,15-18H2,1-2H3,(H,34,35)(H,38,42)/t19-/m0/s1. The van der Waals surface area contributed by atoms with Crippen LogP contribution in [0.2, 0.25) is 0 Å². The molecule has 1 saturated carbocycles. The maximum Gasteiger partial charge on any atom is 0.394 e. The molecule has 2 aliphatic heterocycles. The zero-order valence-corrected chi connectivity index (χ0v) is 26.1. The van der Waals surface area contributed by atoms with Gasteiger partial charge in [0.2, 0.25) is 5.88 Å². The summed E-state index contributed by atoms with van der Waals surface area (Å²) in [5, 5.41) is 7.14. The normalized spacial score (nSPS) is 21.6. The Kier molecular flexibility index (Phi) is 7.97. The fourth-order valence-corrected chi connectivity index (χ4v) is 7.14. The molecule has 4 bridgehead atoms. The summed E-state index contributed by atoms with van der Waals surface area (Å²) in [5.41, 5.74) is -2.33. The molecule has 0 radical (unpaired) electrons. The Morgan fingerprint density at radius 2 is 1.91 bits per heavy atom. The van der Waals surface area contributed by atoms with Gasteiger partial charge in [-0.2, -0.15) is 21.6 Å². The van der Waals surface area contributed by atoms with Crippen LogP contribution in [0.25, 0.3) is 5.82 Å². The molecular weight excluding hydrogens is 627 g/mol. The number of carbonyl (C=O) groups is 2. The number of amides is 1. The van der Waals surface area contributed by atoms with Gasteiger partial charge in [-0.25, -0.2) is 19.4 Å². The molecule has 5 heterocycles. The first-order chi connectivity index (χ1) is 21.7. The molecule has 3 aromatic rings. The van der Waals surface area contributed by atoms with E-state index in [-0.39, 0.29) is 46.9 Å². The van der Waals surface area contributed by atoms with Gasteiger partial charge in [0.15, 0.2) is 16.6 Å². The van der Waals surface area contributed by atoms with Crippen LogP contribution in [0.5, 0.6) is 5.88 Å². The van der Waals surface area contributed by atoms with E-state index in [1.165, 1.54) is 35.1 Å². The van der Waals surface area contributed by atoms with Crippen LogP contribution in [0.15, 0.2) is 47.6 Å². The summed E-state index contributed by atoms with van der Waals surface area (Å²) in [6.45, 7) is 4.70. The number of alkyl halides is 3. The Hall–Kier alpha value is -4.21. The summed E-state index contributed by atoms with van der Waals surface area (Å²) in [6, 6.07) is 8.93. The summed E-state index contributed by atoms with van der Waals surface area (Å²) in [6.07, 6.45) is -1.18. The van der Waals surface area contributed by atoms with Crippen LogP contribution in [-0.2, 0) is 14.8 Å². The third-order valence-corrected chi connectivity index (χ3v) is 10.0. The molecule has 0 aromatic carbocycles. The Bertz CT molecular complexity index is 1770. The number of ketones is 1. The lowest BCUT2D eigenvalue weighted by atomic mass is 9.93. The Balaban J connectivity index is 1.27. The highest BCUT2D eigenvalue weighted by molar-refractivity contribution is 7.90. The van der Waals surface area contributed by atoms with Gasteiger partial charge < -0.3 is 15.0 Å². The third-order valence-electron chi connectivity index (χ3n) is 8.81. The van der Waals surface area contributed by atoms with Crippen molar-refractivity contribution in [2.45, 2.75) is 69.1 Å². The molecule has 0 spiro atoms. The molecule has 0 unspecified atom stereocenters. The van der Waals surface area contributed by atoms with E-state index in [4.69, 9.17) is 9.72 Å². The van der Waals surface area contributed by atoms with Crippen LogP contribution < -0.4 is 19.7 Å².